The Kier molecular flexibility index (Phi) is 7.86. The van der Waals surface area contributed by atoms with Gasteiger partial charge in [0.25, 0.3) is 5.91 Å². The predicted molar refractivity (Wildman–Crippen MR) is 139 cm³/mol. The number of hydrogen-bond donors (Lipinski definition) is 2. The SMILES string of the molecule is COc1ccc(-c2nnc(SCC(=O)N/N=C(/C)c3ccccc3O)n2-c2ccccc2)cc1OC. The molecule has 0 atom stereocenters. The summed E-state index contributed by atoms with van der Waals surface area (Å²) in [7, 11) is 3.16. The second kappa shape index (κ2) is 11.4. The van der Waals surface area contributed by atoms with Crippen LogP contribution in [0.25, 0.3) is 17.1 Å². The lowest BCUT2D eigenvalue weighted by Gasteiger charge is -2.12. The quantitative estimate of drug-likeness (QED) is 0.199. The highest BCUT2D eigenvalue weighted by molar-refractivity contribution is 7.99. The number of aromatic nitrogens is 3. The Labute approximate surface area is 212 Å². The normalized spacial score (nSPS) is 11.2. The van der Waals surface area contributed by atoms with E-state index in [4.69, 9.17) is 9.47 Å². The van der Waals surface area contributed by atoms with Crippen LogP contribution in [-0.4, -0.2) is 51.5 Å². The molecule has 184 valence electrons. The molecule has 0 aliphatic carbocycles. The van der Waals surface area contributed by atoms with E-state index in [1.807, 2.05) is 53.1 Å². The summed E-state index contributed by atoms with van der Waals surface area (Å²) in [5.74, 6) is 1.63. The highest BCUT2D eigenvalue weighted by Crippen LogP contribution is 2.34. The van der Waals surface area contributed by atoms with E-state index in [0.717, 1.165) is 11.3 Å². The molecule has 0 saturated heterocycles. The summed E-state index contributed by atoms with van der Waals surface area (Å²) in [4.78, 5) is 12.5. The summed E-state index contributed by atoms with van der Waals surface area (Å²) in [6.45, 7) is 1.71. The number of phenolic OH excluding ortho intramolecular Hbond substituents is 1. The highest BCUT2D eigenvalue weighted by atomic mass is 32.2. The van der Waals surface area contributed by atoms with Gasteiger partial charge in [-0.25, -0.2) is 5.43 Å². The number of thioether (sulfide) groups is 1. The second-order valence-corrected chi connectivity index (χ2v) is 8.53. The van der Waals surface area contributed by atoms with E-state index < -0.39 is 0 Å². The van der Waals surface area contributed by atoms with Crippen molar-refractivity contribution in [3.05, 3.63) is 78.4 Å². The lowest BCUT2D eigenvalue weighted by molar-refractivity contribution is -0.118. The van der Waals surface area contributed by atoms with Crippen molar-refractivity contribution >= 4 is 23.4 Å². The van der Waals surface area contributed by atoms with Crippen LogP contribution in [0.5, 0.6) is 17.2 Å². The van der Waals surface area contributed by atoms with Crippen molar-refractivity contribution in [1.82, 2.24) is 20.2 Å². The minimum atomic E-state index is -0.315. The summed E-state index contributed by atoms with van der Waals surface area (Å²) in [5, 5.41) is 23.4. The van der Waals surface area contributed by atoms with Crippen LogP contribution in [0.1, 0.15) is 12.5 Å². The zero-order valence-electron chi connectivity index (χ0n) is 20.0. The molecule has 9 nitrogen and oxygen atoms in total. The molecule has 4 rings (SSSR count). The van der Waals surface area contributed by atoms with Crippen LogP contribution in [0.3, 0.4) is 0 Å². The van der Waals surface area contributed by atoms with Crippen LogP contribution in [-0.2, 0) is 4.79 Å². The van der Waals surface area contributed by atoms with Gasteiger partial charge in [-0.15, -0.1) is 10.2 Å². The van der Waals surface area contributed by atoms with E-state index in [-0.39, 0.29) is 17.4 Å². The first-order valence-electron chi connectivity index (χ1n) is 11.0. The molecule has 0 aliphatic rings. The number of aromatic hydroxyl groups is 1. The number of rotatable bonds is 9. The predicted octanol–water partition coefficient (Wildman–Crippen LogP) is 4.29. The van der Waals surface area contributed by atoms with Gasteiger partial charge < -0.3 is 14.6 Å². The first-order valence-corrected chi connectivity index (χ1v) is 12.0. The number of benzene rings is 3. The van der Waals surface area contributed by atoms with Crippen LogP contribution in [0.15, 0.2) is 83.1 Å². The molecule has 0 unspecified atom stereocenters. The Morgan fingerprint density at radius 2 is 1.72 bits per heavy atom. The maximum Gasteiger partial charge on any atom is 0.250 e. The lowest BCUT2D eigenvalue weighted by atomic mass is 10.1. The molecule has 3 aromatic carbocycles. The molecule has 36 heavy (non-hydrogen) atoms. The minimum absolute atomic E-state index is 0.0639. The summed E-state index contributed by atoms with van der Waals surface area (Å²) in [6.07, 6.45) is 0. The summed E-state index contributed by atoms with van der Waals surface area (Å²) in [5.41, 5.74) is 5.21. The number of methoxy groups -OCH3 is 2. The van der Waals surface area contributed by atoms with E-state index in [1.165, 1.54) is 11.8 Å². The zero-order chi connectivity index (χ0) is 25.5. The maximum absolute atomic E-state index is 12.5. The molecular weight excluding hydrogens is 478 g/mol. The third kappa shape index (κ3) is 5.49. The molecule has 0 saturated carbocycles. The molecule has 0 bridgehead atoms. The van der Waals surface area contributed by atoms with Crippen molar-refractivity contribution < 1.29 is 19.4 Å². The van der Waals surface area contributed by atoms with E-state index in [2.05, 4.69) is 20.7 Å². The van der Waals surface area contributed by atoms with Crippen LogP contribution >= 0.6 is 11.8 Å². The molecular formula is C26H25N5O4S. The van der Waals surface area contributed by atoms with Crippen molar-refractivity contribution in [1.29, 1.82) is 0 Å². The van der Waals surface area contributed by atoms with Gasteiger partial charge in [0.1, 0.15) is 5.75 Å². The molecule has 0 fully saturated rings. The number of para-hydroxylation sites is 2. The van der Waals surface area contributed by atoms with Gasteiger partial charge in [-0.3, -0.25) is 9.36 Å². The van der Waals surface area contributed by atoms with Gasteiger partial charge >= 0.3 is 0 Å². The highest BCUT2D eigenvalue weighted by Gasteiger charge is 2.19. The number of nitrogens with zero attached hydrogens (tertiary/aromatic N) is 4. The van der Waals surface area contributed by atoms with Gasteiger partial charge in [0, 0.05) is 16.8 Å². The molecule has 2 N–H and O–H groups in total. The smallest absolute Gasteiger partial charge is 0.250 e. The first-order chi connectivity index (χ1) is 17.5. The fourth-order valence-corrected chi connectivity index (χ4v) is 4.23. The van der Waals surface area contributed by atoms with Gasteiger partial charge in [0.2, 0.25) is 0 Å². The van der Waals surface area contributed by atoms with Crippen LogP contribution in [0.4, 0.5) is 0 Å². The molecule has 10 heteroatoms. The summed E-state index contributed by atoms with van der Waals surface area (Å²) < 4.78 is 12.7. The van der Waals surface area contributed by atoms with Crippen molar-refractivity contribution in [2.75, 3.05) is 20.0 Å². The van der Waals surface area contributed by atoms with Crippen molar-refractivity contribution in [2.24, 2.45) is 5.10 Å². The molecule has 1 heterocycles. The third-order valence-electron chi connectivity index (χ3n) is 5.26. The number of hydrogen-bond acceptors (Lipinski definition) is 8. The molecule has 4 aromatic rings. The summed E-state index contributed by atoms with van der Waals surface area (Å²) >= 11 is 1.24. The number of phenols is 1. The molecule has 0 aliphatic heterocycles. The fourth-order valence-electron chi connectivity index (χ4n) is 3.48. The van der Waals surface area contributed by atoms with Gasteiger partial charge in [0.05, 0.1) is 25.7 Å². The fraction of sp³-hybridized carbons (Fsp3) is 0.154. The van der Waals surface area contributed by atoms with E-state index in [0.29, 0.717) is 33.8 Å². The van der Waals surface area contributed by atoms with E-state index in [9.17, 15) is 9.90 Å². The molecule has 1 amide bonds. The summed E-state index contributed by atoms with van der Waals surface area (Å²) in [6, 6.07) is 22.0. The monoisotopic (exact) mass is 503 g/mol. The maximum atomic E-state index is 12.5. The molecule has 1 aromatic heterocycles. The number of nitrogens with one attached hydrogen (secondary N) is 1. The largest absolute Gasteiger partial charge is 0.507 e. The van der Waals surface area contributed by atoms with E-state index in [1.54, 1.807) is 45.4 Å². The van der Waals surface area contributed by atoms with Crippen molar-refractivity contribution in [2.45, 2.75) is 12.1 Å². The number of ether oxygens (including phenoxy) is 2. The average molecular weight is 504 g/mol. The number of hydrazone groups is 1. The zero-order valence-corrected chi connectivity index (χ0v) is 20.8. The third-order valence-corrected chi connectivity index (χ3v) is 6.19. The topological polar surface area (TPSA) is 111 Å². The van der Waals surface area contributed by atoms with Crippen LogP contribution < -0.4 is 14.9 Å². The Balaban J connectivity index is 1.57. The number of amides is 1. The Morgan fingerprint density at radius 1 is 1.00 bits per heavy atom. The lowest BCUT2D eigenvalue weighted by Crippen LogP contribution is -2.21. The Morgan fingerprint density at radius 3 is 2.44 bits per heavy atom. The van der Waals surface area contributed by atoms with Crippen molar-refractivity contribution in [3.63, 3.8) is 0 Å². The minimum Gasteiger partial charge on any atom is -0.507 e. The number of carbonyl (C=O) groups excluding carboxylic acids is 1. The first kappa shape index (κ1) is 24.8. The van der Waals surface area contributed by atoms with E-state index >= 15 is 0 Å². The Hall–Kier alpha value is -4.31. The standard InChI is InChI=1S/C26H25N5O4S/c1-17(20-11-7-8-12-21(20)32)27-28-24(33)16-36-26-30-29-25(31(26)19-9-5-4-6-10-19)18-13-14-22(34-2)23(15-18)35-3/h4-15,32H,16H2,1-3H3,(H,28,33)/b27-17-. The molecule has 0 radical (unpaired) electrons. The second-order valence-electron chi connectivity index (χ2n) is 7.58. The van der Waals surface area contributed by atoms with Gasteiger partial charge in [-0.2, -0.15) is 5.10 Å². The number of carbonyl (C=O) groups is 1. The van der Waals surface area contributed by atoms with Gasteiger partial charge in [-0.05, 0) is 49.4 Å². The molecule has 0 spiro atoms. The average Bonchev–Trinajstić information content (AvgIpc) is 3.34. The van der Waals surface area contributed by atoms with Crippen molar-refractivity contribution in [3.8, 4) is 34.3 Å². The Bertz CT molecular complexity index is 1390. The van der Waals surface area contributed by atoms with Crippen LogP contribution in [0.2, 0.25) is 0 Å². The van der Waals surface area contributed by atoms with Crippen LogP contribution in [0, 0.1) is 0 Å². The van der Waals surface area contributed by atoms with Gasteiger partial charge in [0.15, 0.2) is 22.5 Å². The van der Waals surface area contributed by atoms with Gasteiger partial charge in [-0.1, -0.05) is 42.1 Å².